The van der Waals surface area contributed by atoms with Crippen molar-refractivity contribution < 1.29 is 4.79 Å². The number of hydrogen-bond acceptors (Lipinski definition) is 4. The molecule has 2 heterocycles. The highest BCUT2D eigenvalue weighted by Crippen LogP contribution is 2.49. The second-order valence-corrected chi connectivity index (χ2v) is 7.53. The maximum atomic E-state index is 12.8. The molecule has 2 atom stereocenters. The molecule has 1 aliphatic carbocycles. The van der Waals surface area contributed by atoms with Crippen molar-refractivity contribution in [1.82, 2.24) is 14.9 Å². The molecule has 1 saturated heterocycles. The molecule has 136 valence electrons. The van der Waals surface area contributed by atoms with Gasteiger partial charge < -0.3 is 10.2 Å². The Morgan fingerprint density at radius 1 is 1.15 bits per heavy atom. The van der Waals surface area contributed by atoms with E-state index >= 15 is 0 Å². The Kier molecular flexibility index (Phi) is 4.87. The standard InChI is InChI=1S/C21H26N4O/c1-15-5-2-3-6-17(15)18-13-19(18)20(26)25-11-7-16(8-12-25)14-24-21-22-9-4-10-23-21/h2-6,9-10,16,18-19H,7-8,11-14H2,1H3,(H,22,23,24). The zero-order valence-corrected chi connectivity index (χ0v) is 15.3. The van der Waals surface area contributed by atoms with Crippen molar-refractivity contribution in [2.24, 2.45) is 11.8 Å². The molecule has 0 radical (unpaired) electrons. The maximum absolute atomic E-state index is 12.8. The molecule has 5 nitrogen and oxygen atoms in total. The number of amides is 1. The third-order valence-electron chi connectivity index (χ3n) is 5.74. The van der Waals surface area contributed by atoms with Crippen LogP contribution in [0.3, 0.4) is 0 Å². The number of nitrogens with one attached hydrogen (secondary N) is 1. The molecule has 4 rings (SSSR count). The number of carbonyl (C=O) groups excluding carboxylic acids is 1. The number of carbonyl (C=O) groups is 1. The quantitative estimate of drug-likeness (QED) is 0.899. The van der Waals surface area contributed by atoms with E-state index in [9.17, 15) is 4.79 Å². The van der Waals surface area contributed by atoms with Crippen LogP contribution in [0.1, 0.15) is 36.3 Å². The predicted molar refractivity (Wildman–Crippen MR) is 102 cm³/mol. The zero-order chi connectivity index (χ0) is 17.9. The van der Waals surface area contributed by atoms with Gasteiger partial charge >= 0.3 is 0 Å². The molecular formula is C21H26N4O. The van der Waals surface area contributed by atoms with Crippen molar-refractivity contribution in [3.8, 4) is 0 Å². The minimum Gasteiger partial charge on any atom is -0.354 e. The molecule has 1 aromatic carbocycles. The van der Waals surface area contributed by atoms with Crippen LogP contribution in [0.4, 0.5) is 5.95 Å². The fourth-order valence-electron chi connectivity index (χ4n) is 4.03. The van der Waals surface area contributed by atoms with Crippen LogP contribution in [0, 0.1) is 18.8 Å². The Morgan fingerprint density at radius 3 is 2.62 bits per heavy atom. The molecule has 2 aliphatic rings. The van der Waals surface area contributed by atoms with Crippen LogP contribution in [-0.2, 0) is 4.79 Å². The van der Waals surface area contributed by atoms with Crippen LogP contribution in [0.5, 0.6) is 0 Å². The van der Waals surface area contributed by atoms with Gasteiger partial charge in [0.2, 0.25) is 11.9 Å². The number of nitrogens with zero attached hydrogens (tertiary/aromatic N) is 3. The lowest BCUT2D eigenvalue weighted by Gasteiger charge is -2.32. The van der Waals surface area contributed by atoms with Gasteiger partial charge in [-0.25, -0.2) is 9.97 Å². The zero-order valence-electron chi connectivity index (χ0n) is 15.3. The lowest BCUT2D eigenvalue weighted by Crippen LogP contribution is -2.40. The molecule has 0 bridgehead atoms. The van der Waals surface area contributed by atoms with E-state index in [-0.39, 0.29) is 5.92 Å². The van der Waals surface area contributed by atoms with Crippen molar-refractivity contribution >= 4 is 11.9 Å². The van der Waals surface area contributed by atoms with Gasteiger partial charge in [0.1, 0.15) is 0 Å². The number of rotatable bonds is 5. The smallest absolute Gasteiger partial charge is 0.226 e. The van der Waals surface area contributed by atoms with Crippen LogP contribution in [0.2, 0.25) is 0 Å². The summed E-state index contributed by atoms with van der Waals surface area (Å²) in [4.78, 5) is 23.3. The minimum atomic E-state index is 0.198. The fraction of sp³-hybridized carbons (Fsp3) is 0.476. The third-order valence-corrected chi connectivity index (χ3v) is 5.74. The Hall–Kier alpha value is -2.43. The molecule has 1 amide bonds. The van der Waals surface area contributed by atoms with Gasteiger partial charge in [-0.2, -0.15) is 0 Å². The lowest BCUT2D eigenvalue weighted by molar-refractivity contribution is -0.134. The predicted octanol–water partition coefficient (Wildman–Crippen LogP) is 3.24. The van der Waals surface area contributed by atoms with E-state index in [1.807, 2.05) is 6.07 Å². The average Bonchev–Trinajstić information content (AvgIpc) is 3.48. The Morgan fingerprint density at radius 2 is 1.88 bits per heavy atom. The van der Waals surface area contributed by atoms with Gasteiger partial charge in [0.25, 0.3) is 0 Å². The van der Waals surface area contributed by atoms with Crippen molar-refractivity contribution in [2.75, 3.05) is 25.0 Å². The van der Waals surface area contributed by atoms with E-state index in [2.05, 4.69) is 51.4 Å². The summed E-state index contributed by atoms with van der Waals surface area (Å²) in [5, 5.41) is 3.30. The molecule has 26 heavy (non-hydrogen) atoms. The summed E-state index contributed by atoms with van der Waals surface area (Å²) >= 11 is 0. The lowest BCUT2D eigenvalue weighted by atomic mass is 9.96. The second kappa shape index (κ2) is 7.44. The number of likely N-dealkylation sites (tertiary alicyclic amines) is 1. The summed E-state index contributed by atoms with van der Waals surface area (Å²) < 4.78 is 0. The first-order valence-corrected chi connectivity index (χ1v) is 9.57. The van der Waals surface area contributed by atoms with E-state index in [1.165, 1.54) is 11.1 Å². The summed E-state index contributed by atoms with van der Waals surface area (Å²) in [7, 11) is 0. The summed E-state index contributed by atoms with van der Waals surface area (Å²) in [5.74, 6) is 2.25. The first-order chi connectivity index (χ1) is 12.7. The largest absolute Gasteiger partial charge is 0.354 e. The van der Waals surface area contributed by atoms with Gasteiger partial charge in [-0.3, -0.25) is 4.79 Å². The molecule has 1 N–H and O–H groups in total. The monoisotopic (exact) mass is 350 g/mol. The van der Waals surface area contributed by atoms with Crippen molar-refractivity contribution in [3.05, 3.63) is 53.9 Å². The van der Waals surface area contributed by atoms with Crippen LogP contribution in [0.15, 0.2) is 42.7 Å². The normalized spacial score (nSPS) is 22.9. The Balaban J connectivity index is 1.25. The van der Waals surface area contributed by atoms with E-state index in [1.54, 1.807) is 12.4 Å². The van der Waals surface area contributed by atoms with Gasteiger partial charge in [-0.05, 0) is 55.2 Å². The number of benzene rings is 1. The van der Waals surface area contributed by atoms with E-state index in [0.29, 0.717) is 23.7 Å². The molecule has 1 aromatic heterocycles. The first kappa shape index (κ1) is 17.0. The van der Waals surface area contributed by atoms with Crippen molar-refractivity contribution in [3.63, 3.8) is 0 Å². The molecule has 1 aliphatic heterocycles. The minimum absolute atomic E-state index is 0.198. The third kappa shape index (κ3) is 3.71. The highest BCUT2D eigenvalue weighted by molar-refractivity contribution is 5.83. The van der Waals surface area contributed by atoms with E-state index in [0.717, 1.165) is 38.9 Å². The Bertz CT molecular complexity index is 756. The molecule has 0 spiro atoms. The summed E-state index contributed by atoms with van der Waals surface area (Å²) in [6.07, 6.45) is 6.60. The second-order valence-electron chi connectivity index (χ2n) is 7.53. The molecule has 2 aromatic rings. The van der Waals surface area contributed by atoms with E-state index in [4.69, 9.17) is 0 Å². The molecular weight excluding hydrogens is 324 g/mol. The topological polar surface area (TPSA) is 58.1 Å². The van der Waals surface area contributed by atoms with Crippen LogP contribution in [0.25, 0.3) is 0 Å². The van der Waals surface area contributed by atoms with Gasteiger partial charge in [-0.1, -0.05) is 24.3 Å². The summed E-state index contributed by atoms with van der Waals surface area (Å²) in [6.45, 7) is 4.76. The van der Waals surface area contributed by atoms with Crippen LogP contribution < -0.4 is 5.32 Å². The number of aromatic nitrogens is 2. The van der Waals surface area contributed by atoms with Crippen LogP contribution >= 0.6 is 0 Å². The Labute approximate surface area is 154 Å². The summed E-state index contributed by atoms with van der Waals surface area (Å²) in [6, 6.07) is 10.3. The number of anilines is 1. The molecule has 2 fully saturated rings. The van der Waals surface area contributed by atoms with Gasteiger partial charge in [0, 0.05) is 37.9 Å². The first-order valence-electron chi connectivity index (χ1n) is 9.57. The molecule has 2 unspecified atom stereocenters. The number of hydrogen-bond donors (Lipinski definition) is 1. The number of aryl methyl sites for hydroxylation is 1. The van der Waals surface area contributed by atoms with Gasteiger partial charge in [0.05, 0.1) is 0 Å². The van der Waals surface area contributed by atoms with Crippen molar-refractivity contribution in [2.45, 2.75) is 32.1 Å². The fourth-order valence-corrected chi connectivity index (χ4v) is 4.03. The highest BCUT2D eigenvalue weighted by Gasteiger charge is 2.46. The van der Waals surface area contributed by atoms with E-state index < -0.39 is 0 Å². The molecule has 5 heteroatoms. The molecule has 1 saturated carbocycles. The van der Waals surface area contributed by atoms with Gasteiger partial charge in [0.15, 0.2) is 0 Å². The van der Waals surface area contributed by atoms with Crippen LogP contribution in [-0.4, -0.2) is 40.4 Å². The highest BCUT2D eigenvalue weighted by atomic mass is 16.2. The SMILES string of the molecule is Cc1ccccc1C1CC1C(=O)N1CCC(CNc2ncccn2)CC1. The van der Waals surface area contributed by atoms with Gasteiger partial charge in [-0.15, -0.1) is 0 Å². The average molecular weight is 350 g/mol. The summed E-state index contributed by atoms with van der Waals surface area (Å²) in [5.41, 5.74) is 2.66. The van der Waals surface area contributed by atoms with Crippen molar-refractivity contribution in [1.29, 1.82) is 0 Å². The maximum Gasteiger partial charge on any atom is 0.226 e. The number of piperidine rings is 1.